The molecule has 128 valence electrons. The number of rotatable bonds is 4. The highest BCUT2D eigenvalue weighted by atomic mass is 35.5. The smallest absolute Gasteiger partial charge is 0.259 e. The Labute approximate surface area is 155 Å². The number of carbonyl (C=O) groups is 1. The molecule has 1 aromatic heterocycles. The lowest BCUT2D eigenvalue weighted by molar-refractivity contribution is 0.102. The van der Waals surface area contributed by atoms with Crippen LogP contribution in [0.1, 0.15) is 35.8 Å². The molecule has 1 aliphatic rings. The molecule has 7 heteroatoms. The molecule has 0 aliphatic carbocycles. The van der Waals surface area contributed by atoms with Crippen molar-refractivity contribution in [2.45, 2.75) is 26.3 Å². The van der Waals surface area contributed by atoms with E-state index >= 15 is 0 Å². The van der Waals surface area contributed by atoms with Crippen LogP contribution < -0.4 is 5.32 Å². The van der Waals surface area contributed by atoms with Gasteiger partial charge in [-0.25, -0.2) is 4.98 Å². The second-order valence-corrected chi connectivity index (χ2v) is 7.80. The van der Waals surface area contributed by atoms with E-state index in [0.29, 0.717) is 15.7 Å². The van der Waals surface area contributed by atoms with Crippen LogP contribution in [-0.2, 0) is 6.54 Å². The van der Waals surface area contributed by atoms with Crippen molar-refractivity contribution in [3.05, 3.63) is 44.9 Å². The zero-order valence-corrected chi connectivity index (χ0v) is 15.7. The first-order valence-corrected chi connectivity index (χ1v) is 9.58. The fourth-order valence-corrected chi connectivity index (χ4v) is 3.81. The molecule has 2 aromatic rings. The van der Waals surface area contributed by atoms with Gasteiger partial charge < -0.3 is 0 Å². The quantitative estimate of drug-likeness (QED) is 0.813. The molecule has 1 amide bonds. The lowest BCUT2D eigenvalue weighted by Gasteiger charge is -2.29. The number of nitrogens with zero attached hydrogens (tertiary/aromatic N) is 2. The predicted molar refractivity (Wildman–Crippen MR) is 100 cm³/mol. The molecule has 4 nitrogen and oxygen atoms in total. The molecule has 0 unspecified atom stereocenters. The standard InChI is InChI=1S/C17H19Cl2N3OS/c1-11-5-7-22(8-6-11)9-12-10-24-17(20-12)21-16(23)13-3-2-4-14(18)15(13)19/h2-4,10-11H,5-9H2,1H3,(H,20,21,23). The van der Waals surface area contributed by atoms with Gasteiger partial charge in [0.15, 0.2) is 5.13 Å². The van der Waals surface area contributed by atoms with Crippen molar-refractivity contribution < 1.29 is 4.79 Å². The van der Waals surface area contributed by atoms with E-state index in [1.54, 1.807) is 18.2 Å². The molecule has 24 heavy (non-hydrogen) atoms. The van der Waals surface area contributed by atoms with Gasteiger partial charge in [-0.3, -0.25) is 15.0 Å². The number of halogens is 2. The van der Waals surface area contributed by atoms with Gasteiger partial charge >= 0.3 is 0 Å². The molecule has 1 aliphatic heterocycles. The van der Waals surface area contributed by atoms with E-state index in [1.165, 1.54) is 24.2 Å². The highest BCUT2D eigenvalue weighted by Gasteiger charge is 2.18. The fraction of sp³-hybridized carbons (Fsp3) is 0.412. The van der Waals surface area contributed by atoms with Crippen LogP contribution in [0.4, 0.5) is 5.13 Å². The summed E-state index contributed by atoms with van der Waals surface area (Å²) in [6.45, 7) is 5.35. The van der Waals surface area contributed by atoms with E-state index in [4.69, 9.17) is 23.2 Å². The molecule has 1 aromatic carbocycles. The van der Waals surface area contributed by atoms with Crippen LogP contribution in [0.3, 0.4) is 0 Å². The van der Waals surface area contributed by atoms with E-state index in [1.807, 2.05) is 5.38 Å². The third kappa shape index (κ3) is 4.28. The van der Waals surface area contributed by atoms with Crippen LogP contribution >= 0.6 is 34.5 Å². The molecule has 1 saturated heterocycles. The lowest BCUT2D eigenvalue weighted by Crippen LogP contribution is -2.32. The van der Waals surface area contributed by atoms with E-state index in [2.05, 4.69) is 22.1 Å². The first kappa shape index (κ1) is 17.7. The zero-order valence-electron chi connectivity index (χ0n) is 13.4. The Balaban J connectivity index is 1.61. The summed E-state index contributed by atoms with van der Waals surface area (Å²) in [5, 5.41) is 6.00. The van der Waals surface area contributed by atoms with E-state index in [0.717, 1.165) is 31.2 Å². The average molecular weight is 384 g/mol. The molecule has 1 fully saturated rings. The van der Waals surface area contributed by atoms with Crippen LogP contribution in [0.2, 0.25) is 10.0 Å². The maximum Gasteiger partial charge on any atom is 0.259 e. The second-order valence-electron chi connectivity index (χ2n) is 6.16. The van der Waals surface area contributed by atoms with Crippen LogP contribution in [0.5, 0.6) is 0 Å². The first-order chi connectivity index (χ1) is 11.5. The van der Waals surface area contributed by atoms with Crippen LogP contribution in [-0.4, -0.2) is 28.9 Å². The molecule has 0 atom stereocenters. The van der Waals surface area contributed by atoms with E-state index < -0.39 is 0 Å². The normalized spacial score (nSPS) is 16.3. The van der Waals surface area contributed by atoms with E-state index in [-0.39, 0.29) is 10.9 Å². The number of nitrogens with one attached hydrogen (secondary N) is 1. The maximum atomic E-state index is 12.3. The van der Waals surface area contributed by atoms with Gasteiger partial charge in [0, 0.05) is 11.9 Å². The number of carbonyl (C=O) groups excluding carboxylic acids is 1. The summed E-state index contributed by atoms with van der Waals surface area (Å²) >= 11 is 13.5. The van der Waals surface area contributed by atoms with Gasteiger partial charge in [0.1, 0.15) is 0 Å². The summed E-state index contributed by atoms with van der Waals surface area (Å²) in [6, 6.07) is 5.00. The van der Waals surface area contributed by atoms with Gasteiger partial charge in [-0.1, -0.05) is 36.2 Å². The Hall–Kier alpha value is -1.14. The van der Waals surface area contributed by atoms with Crippen molar-refractivity contribution in [2.75, 3.05) is 18.4 Å². The number of hydrogen-bond acceptors (Lipinski definition) is 4. The number of hydrogen-bond donors (Lipinski definition) is 1. The summed E-state index contributed by atoms with van der Waals surface area (Å²) < 4.78 is 0. The van der Waals surface area contributed by atoms with Gasteiger partial charge in [0.05, 0.1) is 21.3 Å². The second kappa shape index (κ2) is 7.83. The number of aromatic nitrogens is 1. The monoisotopic (exact) mass is 383 g/mol. The van der Waals surface area contributed by atoms with Crippen molar-refractivity contribution in [1.82, 2.24) is 9.88 Å². The lowest BCUT2D eigenvalue weighted by atomic mass is 9.99. The summed E-state index contributed by atoms with van der Waals surface area (Å²) in [7, 11) is 0. The first-order valence-electron chi connectivity index (χ1n) is 7.95. The number of piperidine rings is 1. The average Bonchev–Trinajstić information content (AvgIpc) is 2.99. The molecule has 0 spiro atoms. The van der Waals surface area contributed by atoms with Crippen molar-refractivity contribution >= 4 is 45.6 Å². The Kier molecular flexibility index (Phi) is 5.76. The Morgan fingerprint density at radius 3 is 2.88 bits per heavy atom. The summed E-state index contributed by atoms with van der Waals surface area (Å²) in [4.78, 5) is 19.2. The molecule has 0 radical (unpaired) electrons. The number of likely N-dealkylation sites (tertiary alicyclic amines) is 1. The predicted octanol–water partition coefficient (Wildman–Crippen LogP) is 4.93. The number of thiazole rings is 1. The zero-order chi connectivity index (χ0) is 17.1. The summed E-state index contributed by atoms with van der Waals surface area (Å²) in [6.07, 6.45) is 2.47. The molecule has 1 N–H and O–H groups in total. The highest BCUT2D eigenvalue weighted by molar-refractivity contribution is 7.14. The van der Waals surface area contributed by atoms with Gasteiger partial charge in [-0.2, -0.15) is 0 Å². The molecule has 0 saturated carbocycles. The Morgan fingerprint density at radius 2 is 2.12 bits per heavy atom. The molecule has 2 heterocycles. The third-order valence-corrected chi connectivity index (χ3v) is 5.86. The number of anilines is 1. The summed E-state index contributed by atoms with van der Waals surface area (Å²) in [5.41, 5.74) is 1.34. The fourth-order valence-electron chi connectivity index (χ4n) is 2.73. The van der Waals surface area contributed by atoms with Gasteiger partial charge in [0.2, 0.25) is 0 Å². The van der Waals surface area contributed by atoms with Gasteiger partial charge in [0.25, 0.3) is 5.91 Å². The number of amides is 1. The van der Waals surface area contributed by atoms with Crippen LogP contribution in [0, 0.1) is 5.92 Å². The molecular weight excluding hydrogens is 365 g/mol. The largest absolute Gasteiger partial charge is 0.298 e. The third-order valence-electron chi connectivity index (χ3n) is 4.23. The maximum absolute atomic E-state index is 12.3. The van der Waals surface area contributed by atoms with Crippen molar-refractivity contribution in [1.29, 1.82) is 0 Å². The van der Waals surface area contributed by atoms with Gasteiger partial charge in [-0.15, -0.1) is 11.3 Å². The SMILES string of the molecule is CC1CCN(Cc2csc(NC(=O)c3cccc(Cl)c3Cl)n2)CC1. The van der Waals surface area contributed by atoms with Gasteiger partial charge in [-0.05, 0) is 44.0 Å². The van der Waals surface area contributed by atoms with Crippen LogP contribution in [0.15, 0.2) is 23.6 Å². The number of benzene rings is 1. The molecule has 3 rings (SSSR count). The summed E-state index contributed by atoms with van der Waals surface area (Å²) in [5.74, 6) is 0.518. The molecular formula is C17H19Cl2N3OS. The highest BCUT2D eigenvalue weighted by Crippen LogP contribution is 2.27. The van der Waals surface area contributed by atoms with Crippen molar-refractivity contribution in [3.8, 4) is 0 Å². The topological polar surface area (TPSA) is 45.2 Å². The Bertz CT molecular complexity index is 726. The minimum atomic E-state index is -0.296. The van der Waals surface area contributed by atoms with Crippen molar-refractivity contribution in [3.63, 3.8) is 0 Å². The minimum Gasteiger partial charge on any atom is -0.298 e. The Morgan fingerprint density at radius 1 is 1.38 bits per heavy atom. The van der Waals surface area contributed by atoms with Crippen LogP contribution in [0.25, 0.3) is 0 Å². The minimum absolute atomic E-state index is 0.260. The van der Waals surface area contributed by atoms with E-state index in [9.17, 15) is 4.79 Å². The van der Waals surface area contributed by atoms with Crippen molar-refractivity contribution in [2.24, 2.45) is 5.92 Å². The molecule has 0 bridgehead atoms.